The second kappa shape index (κ2) is 5.08. The molecule has 4 heteroatoms. The molecule has 108 valence electrons. The molecule has 1 atom stereocenters. The predicted molar refractivity (Wildman–Crippen MR) is 71.1 cm³/mol. The average molecular weight is 284 g/mol. The molecule has 0 saturated carbocycles. The lowest BCUT2D eigenvalue weighted by Gasteiger charge is -2.34. The smallest absolute Gasteiger partial charge is 0.140 e. The molecule has 2 rings (SSSR count). The van der Waals surface area contributed by atoms with E-state index in [0.29, 0.717) is 5.57 Å². The third-order valence-corrected chi connectivity index (χ3v) is 3.43. The Morgan fingerprint density at radius 1 is 1.05 bits per heavy atom. The lowest BCUT2D eigenvalue weighted by atomic mass is 9.71. The fourth-order valence-electron chi connectivity index (χ4n) is 2.54. The minimum atomic E-state index is -0.924. The van der Waals surface area contributed by atoms with E-state index in [1.54, 1.807) is 20.8 Å². The molecule has 0 heterocycles. The van der Waals surface area contributed by atoms with E-state index in [4.69, 9.17) is 0 Å². The highest BCUT2D eigenvalue weighted by Gasteiger charge is 2.37. The van der Waals surface area contributed by atoms with Crippen molar-refractivity contribution in [2.45, 2.75) is 27.2 Å². The van der Waals surface area contributed by atoms with Crippen LogP contribution in [-0.2, 0) is 0 Å². The number of rotatable bonds is 1. The van der Waals surface area contributed by atoms with Crippen molar-refractivity contribution in [1.82, 2.24) is 0 Å². The molecule has 0 bridgehead atoms. The van der Waals surface area contributed by atoms with Gasteiger partial charge in [0.05, 0.1) is 0 Å². The molecule has 0 radical (unpaired) electrons. The van der Waals surface area contributed by atoms with Crippen molar-refractivity contribution in [3.05, 3.63) is 53.1 Å². The van der Waals surface area contributed by atoms with Crippen molar-refractivity contribution in [3.8, 4) is 0 Å². The molecule has 1 aliphatic carbocycles. The van der Waals surface area contributed by atoms with Crippen LogP contribution in [0.3, 0.4) is 0 Å². The Kier molecular flexibility index (Phi) is 3.76. The summed E-state index contributed by atoms with van der Waals surface area (Å²) in [5.41, 5.74) is -0.354. The maximum absolute atomic E-state index is 14.2. The van der Waals surface area contributed by atoms with Crippen LogP contribution in [0.4, 0.5) is 17.6 Å². The number of hydrogen-bond donors (Lipinski definition) is 0. The molecule has 0 aliphatic heterocycles. The molecular formula is C16H16F4. The van der Waals surface area contributed by atoms with Crippen molar-refractivity contribution in [1.29, 1.82) is 0 Å². The fraction of sp³-hybridized carbons (Fsp3) is 0.375. The van der Waals surface area contributed by atoms with Gasteiger partial charge in [-0.3, -0.25) is 0 Å². The van der Waals surface area contributed by atoms with Gasteiger partial charge >= 0.3 is 0 Å². The van der Waals surface area contributed by atoms with E-state index in [1.165, 1.54) is 6.08 Å². The maximum atomic E-state index is 14.2. The first kappa shape index (κ1) is 14.8. The summed E-state index contributed by atoms with van der Waals surface area (Å²) in [4.78, 5) is 0. The molecule has 20 heavy (non-hydrogen) atoms. The summed E-state index contributed by atoms with van der Waals surface area (Å²) in [6, 6.07) is 3.02. The van der Waals surface area contributed by atoms with E-state index in [0.717, 1.165) is 18.2 Å². The maximum Gasteiger partial charge on any atom is 0.140 e. The Hall–Kier alpha value is -1.58. The first-order chi connectivity index (χ1) is 9.21. The molecule has 0 saturated heterocycles. The Morgan fingerprint density at radius 3 is 2.30 bits per heavy atom. The van der Waals surface area contributed by atoms with Gasteiger partial charge in [0.1, 0.15) is 23.3 Å². The lowest BCUT2D eigenvalue weighted by Crippen LogP contribution is -2.25. The van der Waals surface area contributed by atoms with E-state index in [1.807, 2.05) is 0 Å². The van der Waals surface area contributed by atoms with Gasteiger partial charge in [0.15, 0.2) is 0 Å². The summed E-state index contributed by atoms with van der Waals surface area (Å²) in [5.74, 6) is -3.90. The van der Waals surface area contributed by atoms with Crippen LogP contribution in [0.25, 0.3) is 5.57 Å². The second-order valence-electron chi connectivity index (χ2n) is 6.04. The molecule has 1 aromatic rings. The lowest BCUT2D eigenvalue weighted by molar-refractivity contribution is 0.283. The number of halogens is 4. The van der Waals surface area contributed by atoms with Gasteiger partial charge in [0.2, 0.25) is 0 Å². The summed E-state index contributed by atoms with van der Waals surface area (Å²) in [7, 11) is 0. The minimum absolute atomic E-state index is 0.00687. The van der Waals surface area contributed by atoms with Gasteiger partial charge in [0.25, 0.3) is 0 Å². The zero-order chi connectivity index (χ0) is 15.1. The van der Waals surface area contributed by atoms with Crippen molar-refractivity contribution in [3.63, 3.8) is 0 Å². The number of allylic oxidation sites excluding steroid dienone is 4. The molecule has 0 aromatic heterocycles. The summed E-state index contributed by atoms with van der Waals surface area (Å²) in [6.45, 7) is 5.21. The monoisotopic (exact) mass is 284 g/mol. The first-order valence-electron chi connectivity index (χ1n) is 6.41. The molecule has 1 aromatic carbocycles. The third kappa shape index (κ3) is 2.65. The Morgan fingerprint density at radius 2 is 1.70 bits per heavy atom. The molecular weight excluding hydrogens is 268 g/mol. The SMILES string of the molecule is CC(C)(C)C1C(c2cc(F)ccc2F)=CCC(F)=C1F. The highest BCUT2D eigenvalue weighted by atomic mass is 19.2. The van der Waals surface area contributed by atoms with E-state index in [9.17, 15) is 17.6 Å². The van der Waals surface area contributed by atoms with Gasteiger partial charge < -0.3 is 0 Å². The van der Waals surface area contributed by atoms with Crippen LogP contribution in [0.1, 0.15) is 32.8 Å². The Bertz CT molecular complexity index is 591. The van der Waals surface area contributed by atoms with Crippen LogP contribution in [0.2, 0.25) is 0 Å². The summed E-state index contributed by atoms with van der Waals surface area (Å²) in [5, 5.41) is 0. The Labute approximate surface area is 115 Å². The highest BCUT2D eigenvalue weighted by molar-refractivity contribution is 5.72. The van der Waals surface area contributed by atoms with Gasteiger partial charge in [-0.15, -0.1) is 0 Å². The molecule has 0 N–H and O–H groups in total. The predicted octanol–water partition coefficient (Wildman–Crippen LogP) is 5.56. The molecule has 0 nitrogen and oxygen atoms in total. The van der Waals surface area contributed by atoms with Gasteiger partial charge in [0, 0.05) is 17.9 Å². The van der Waals surface area contributed by atoms with E-state index < -0.39 is 34.6 Å². The standard InChI is InChI=1S/C16H16F4/c1-16(2,3)14-10(5-7-13(19)15(14)20)11-8-9(17)4-6-12(11)18/h4-6,8,14H,7H2,1-3H3. The molecule has 0 fully saturated rings. The van der Waals surface area contributed by atoms with Crippen LogP contribution in [0.15, 0.2) is 35.9 Å². The van der Waals surface area contributed by atoms with Crippen LogP contribution in [-0.4, -0.2) is 0 Å². The topological polar surface area (TPSA) is 0 Å². The first-order valence-corrected chi connectivity index (χ1v) is 6.41. The van der Waals surface area contributed by atoms with Crippen molar-refractivity contribution >= 4 is 5.57 Å². The zero-order valence-electron chi connectivity index (χ0n) is 11.6. The van der Waals surface area contributed by atoms with Crippen LogP contribution in [0.5, 0.6) is 0 Å². The van der Waals surface area contributed by atoms with Gasteiger partial charge in [-0.25, -0.2) is 17.6 Å². The van der Waals surface area contributed by atoms with E-state index >= 15 is 0 Å². The summed E-state index contributed by atoms with van der Waals surface area (Å²) < 4.78 is 54.9. The van der Waals surface area contributed by atoms with Gasteiger partial charge in [-0.2, -0.15) is 0 Å². The third-order valence-electron chi connectivity index (χ3n) is 3.43. The second-order valence-corrected chi connectivity index (χ2v) is 6.04. The van der Waals surface area contributed by atoms with Gasteiger partial charge in [-0.05, 0) is 29.2 Å². The molecule has 1 unspecified atom stereocenters. The number of hydrogen-bond acceptors (Lipinski definition) is 0. The molecule has 1 aliphatic rings. The van der Waals surface area contributed by atoms with E-state index in [2.05, 4.69) is 0 Å². The Balaban J connectivity index is 2.58. The van der Waals surface area contributed by atoms with Gasteiger partial charge in [-0.1, -0.05) is 26.8 Å². The van der Waals surface area contributed by atoms with Crippen molar-refractivity contribution < 1.29 is 17.6 Å². The zero-order valence-corrected chi connectivity index (χ0v) is 11.6. The summed E-state index contributed by atoms with van der Waals surface area (Å²) >= 11 is 0. The largest absolute Gasteiger partial charge is 0.209 e. The fourth-order valence-corrected chi connectivity index (χ4v) is 2.54. The van der Waals surface area contributed by atoms with Crippen LogP contribution >= 0.6 is 0 Å². The average Bonchev–Trinajstić information content (AvgIpc) is 2.34. The quantitative estimate of drug-likeness (QED) is 0.592. The van der Waals surface area contributed by atoms with Crippen molar-refractivity contribution in [2.75, 3.05) is 0 Å². The minimum Gasteiger partial charge on any atom is -0.209 e. The van der Waals surface area contributed by atoms with Crippen molar-refractivity contribution in [2.24, 2.45) is 11.3 Å². The number of benzene rings is 1. The highest BCUT2D eigenvalue weighted by Crippen LogP contribution is 2.47. The normalized spacial score (nSPS) is 20.1. The van der Waals surface area contributed by atoms with Crippen LogP contribution in [0, 0.1) is 23.0 Å². The molecule has 0 spiro atoms. The molecule has 0 amide bonds. The summed E-state index contributed by atoms with van der Waals surface area (Å²) in [6.07, 6.45) is 1.20. The van der Waals surface area contributed by atoms with Crippen LogP contribution < -0.4 is 0 Å². The van der Waals surface area contributed by atoms with E-state index in [-0.39, 0.29) is 12.0 Å².